The molecule has 0 fully saturated rings. The Kier molecular flexibility index (Phi) is 5.55. The lowest BCUT2D eigenvalue weighted by atomic mass is 10.2. The minimum Gasteiger partial charge on any atom is -0.451 e. The van der Waals surface area contributed by atoms with E-state index in [4.69, 9.17) is 16.0 Å². The van der Waals surface area contributed by atoms with Crippen LogP contribution >= 0.6 is 11.6 Å². The van der Waals surface area contributed by atoms with Gasteiger partial charge >= 0.3 is 6.18 Å². The van der Waals surface area contributed by atoms with Crippen molar-refractivity contribution >= 4 is 46.2 Å². The van der Waals surface area contributed by atoms with Crippen molar-refractivity contribution in [2.75, 3.05) is 18.5 Å². The second-order valence-corrected chi connectivity index (χ2v) is 6.18. The first-order valence-electron chi connectivity index (χ1n) is 7.98. The van der Waals surface area contributed by atoms with Gasteiger partial charge in [-0.05, 0) is 30.3 Å². The van der Waals surface area contributed by atoms with Gasteiger partial charge in [-0.3, -0.25) is 9.78 Å². The predicted octanol–water partition coefficient (Wildman–Crippen LogP) is 4.30. The number of pyridine rings is 1. The first-order valence-corrected chi connectivity index (χ1v) is 8.36. The Morgan fingerprint density at radius 3 is 2.82 bits per heavy atom. The second kappa shape index (κ2) is 7.89. The molecule has 0 bridgehead atoms. The Bertz CT molecular complexity index is 1020. The summed E-state index contributed by atoms with van der Waals surface area (Å²) in [6.45, 7) is -1.38. The third kappa shape index (κ3) is 4.25. The van der Waals surface area contributed by atoms with E-state index >= 15 is 0 Å². The summed E-state index contributed by atoms with van der Waals surface area (Å²) in [6, 6.07) is 8.27. The molecular formula is C18H14ClF3N4O2. The number of nitrogens with zero attached hydrogens (tertiary/aromatic N) is 3. The molecule has 10 heteroatoms. The highest BCUT2D eigenvalue weighted by atomic mass is 35.5. The van der Waals surface area contributed by atoms with E-state index in [2.05, 4.69) is 15.3 Å². The maximum absolute atomic E-state index is 12.7. The van der Waals surface area contributed by atoms with Crippen LogP contribution in [0.25, 0.3) is 11.0 Å². The van der Waals surface area contributed by atoms with E-state index < -0.39 is 12.7 Å². The summed E-state index contributed by atoms with van der Waals surface area (Å²) in [4.78, 5) is 20.2. The summed E-state index contributed by atoms with van der Waals surface area (Å²) in [5, 5.41) is 3.08. The molecule has 0 aliphatic carbocycles. The van der Waals surface area contributed by atoms with E-state index in [1.807, 2.05) is 0 Å². The molecule has 0 aliphatic heterocycles. The van der Waals surface area contributed by atoms with Crippen molar-refractivity contribution in [2.24, 2.45) is 4.99 Å². The van der Waals surface area contributed by atoms with E-state index in [9.17, 15) is 18.0 Å². The van der Waals surface area contributed by atoms with Crippen LogP contribution in [0, 0.1) is 0 Å². The van der Waals surface area contributed by atoms with Crippen LogP contribution in [0.5, 0.6) is 0 Å². The zero-order chi connectivity index (χ0) is 20.3. The van der Waals surface area contributed by atoms with Crippen LogP contribution in [-0.4, -0.2) is 37.0 Å². The maximum Gasteiger partial charge on any atom is 0.405 e. The highest BCUT2D eigenvalue weighted by Gasteiger charge is 2.30. The van der Waals surface area contributed by atoms with Gasteiger partial charge in [0.1, 0.15) is 12.1 Å². The Balaban J connectivity index is 2.18. The third-order valence-corrected chi connectivity index (χ3v) is 4.08. The molecule has 28 heavy (non-hydrogen) atoms. The molecule has 3 aromatic rings. The molecule has 1 aromatic carbocycles. The molecule has 3 rings (SSSR count). The topological polar surface area (TPSA) is 70.7 Å². The standard InChI is InChI=1S/C18H14ClF3N4O2/c1-26(12-3-2-6-23-8-12)15-13-7-11(19)4-5-14(13)28-16(15)17(25-10-27)24-9-18(20,21)22/h2-8,10H,9H2,1H3,(H,24,25,27). The molecule has 146 valence electrons. The number of hydrogen-bond acceptors (Lipinski definition) is 4. The van der Waals surface area contributed by atoms with Crippen LogP contribution in [0.2, 0.25) is 5.02 Å². The number of carbonyl (C=O) groups excluding carboxylic acids is 1. The van der Waals surface area contributed by atoms with Crippen molar-refractivity contribution in [1.29, 1.82) is 0 Å². The number of aromatic nitrogens is 1. The number of aliphatic imine (C=N–C) groups is 1. The van der Waals surface area contributed by atoms with E-state index in [1.54, 1.807) is 54.7 Å². The number of carbonyl (C=O) groups is 1. The number of amidine groups is 1. The van der Waals surface area contributed by atoms with E-state index in [0.717, 1.165) is 0 Å². The molecule has 0 saturated carbocycles. The van der Waals surface area contributed by atoms with Gasteiger partial charge in [0.15, 0.2) is 11.6 Å². The minimum atomic E-state index is -4.51. The fraction of sp³-hybridized carbons (Fsp3) is 0.167. The number of rotatable bonds is 5. The van der Waals surface area contributed by atoms with Crippen LogP contribution < -0.4 is 10.2 Å². The summed E-state index contributed by atoms with van der Waals surface area (Å²) in [6.07, 6.45) is -1.19. The molecule has 0 saturated heterocycles. The van der Waals surface area contributed by atoms with Crippen molar-refractivity contribution in [1.82, 2.24) is 10.3 Å². The predicted molar refractivity (Wildman–Crippen MR) is 100 cm³/mol. The van der Waals surface area contributed by atoms with Gasteiger partial charge in [-0.15, -0.1) is 0 Å². The number of alkyl halides is 3. The van der Waals surface area contributed by atoms with E-state index in [-0.39, 0.29) is 18.0 Å². The number of amides is 1. The quantitative estimate of drug-likeness (QED) is 0.385. The van der Waals surface area contributed by atoms with Gasteiger partial charge in [-0.25, -0.2) is 0 Å². The van der Waals surface area contributed by atoms with Gasteiger partial charge in [-0.2, -0.15) is 18.2 Å². The lowest BCUT2D eigenvalue weighted by molar-refractivity contribution is -0.122. The van der Waals surface area contributed by atoms with Gasteiger partial charge in [0, 0.05) is 23.7 Å². The van der Waals surface area contributed by atoms with Crippen LogP contribution in [0.15, 0.2) is 52.1 Å². The Morgan fingerprint density at radius 1 is 1.39 bits per heavy atom. The van der Waals surface area contributed by atoms with E-state index in [0.29, 0.717) is 27.4 Å². The molecule has 2 aromatic heterocycles. The second-order valence-electron chi connectivity index (χ2n) is 5.74. The molecule has 1 amide bonds. The first-order chi connectivity index (χ1) is 13.3. The highest BCUT2D eigenvalue weighted by Crippen LogP contribution is 2.38. The lowest BCUT2D eigenvalue weighted by Crippen LogP contribution is -2.35. The number of benzene rings is 1. The molecular weight excluding hydrogens is 397 g/mol. The average molecular weight is 411 g/mol. The Labute approximate surface area is 162 Å². The number of halogens is 4. The molecule has 0 spiro atoms. The molecule has 0 unspecified atom stereocenters. The molecule has 2 heterocycles. The zero-order valence-electron chi connectivity index (χ0n) is 14.5. The molecule has 0 atom stereocenters. The maximum atomic E-state index is 12.7. The number of anilines is 2. The van der Waals surface area contributed by atoms with Gasteiger partial charge in [-0.1, -0.05) is 11.6 Å². The number of furan rings is 1. The van der Waals surface area contributed by atoms with E-state index in [1.165, 1.54) is 0 Å². The summed E-state index contributed by atoms with van der Waals surface area (Å²) in [5.41, 5.74) is 1.41. The third-order valence-electron chi connectivity index (χ3n) is 3.85. The van der Waals surface area contributed by atoms with Crippen LogP contribution in [0.4, 0.5) is 24.5 Å². The molecule has 6 nitrogen and oxygen atoms in total. The normalized spacial score (nSPS) is 12.2. The van der Waals surface area contributed by atoms with Crippen LogP contribution in [0.1, 0.15) is 5.76 Å². The SMILES string of the molecule is CN(c1cccnc1)c1c(/C(=N\C=O)NCC(F)(F)F)oc2ccc(Cl)cc12. The Hall–Kier alpha value is -3.07. The van der Waals surface area contributed by atoms with Crippen molar-refractivity contribution in [3.63, 3.8) is 0 Å². The van der Waals surface area contributed by atoms with Crippen LogP contribution in [0.3, 0.4) is 0 Å². The average Bonchev–Trinajstić information content (AvgIpc) is 3.02. The number of fused-ring (bicyclic) bond motifs is 1. The summed E-state index contributed by atoms with van der Waals surface area (Å²) in [7, 11) is 1.69. The van der Waals surface area contributed by atoms with Crippen molar-refractivity contribution in [2.45, 2.75) is 6.18 Å². The fourth-order valence-electron chi connectivity index (χ4n) is 2.65. The summed E-state index contributed by atoms with van der Waals surface area (Å²) >= 11 is 6.09. The largest absolute Gasteiger partial charge is 0.451 e. The Morgan fingerprint density at radius 2 is 2.18 bits per heavy atom. The van der Waals surface area contributed by atoms with Gasteiger partial charge in [0.2, 0.25) is 6.41 Å². The minimum absolute atomic E-state index is 0.0278. The first kappa shape index (κ1) is 19.7. The van der Waals surface area contributed by atoms with Crippen molar-refractivity contribution < 1.29 is 22.4 Å². The summed E-state index contributed by atoms with van der Waals surface area (Å²) < 4.78 is 43.8. The lowest BCUT2D eigenvalue weighted by Gasteiger charge is -2.20. The van der Waals surface area contributed by atoms with Gasteiger partial charge in [0.25, 0.3) is 0 Å². The fourth-order valence-corrected chi connectivity index (χ4v) is 2.82. The van der Waals surface area contributed by atoms with Crippen molar-refractivity contribution in [3.05, 3.63) is 53.5 Å². The van der Waals surface area contributed by atoms with Gasteiger partial charge < -0.3 is 14.6 Å². The molecule has 0 radical (unpaired) electrons. The molecule has 1 N–H and O–H groups in total. The highest BCUT2D eigenvalue weighted by molar-refractivity contribution is 6.31. The van der Waals surface area contributed by atoms with Crippen LogP contribution in [-0.2, 0) is 4.79 Å². The number of nitrogens with one attached hydrogen (secondary N) is 1. The zero-order valence-corrected chi connectivity index (χ0v) is 15.3. The molecule has 0 aliphatic rings. The monoisotopic (exact) mass is 410 g/mol. The van der Waals surface area contributed by atoms with Gasteiger partial charge in [0.05, 0.1) is 17.6 Å². The summed E-state index contributed by atoms with van der Waals surface area (Å²) in [5.74, 6) is -0.370. The van der Waals surface area contributed by atoms with Crippen molar-refractivity contribution in [3.8, 4) is 0 Å². The smallest absolute Gasteiger partial charge is 0.405 e. The number of hydrogen-bond donors (Lipinski definition) is 1.